The Bertz CT molecular complexity index is 66.0. The van der Waals surface area contributed by atoms with E-state index in [2.05, 4.69) is 23.2 Å². The average Bonchev–Trinajstić information content (AvgIpc) is 1.82. The molecule has 58 valence electrons. The Hall–Kier alpha value is 0.00247. The first-order valence-corrected chi connectivity index (χ1v) is 4.36. The number of unbranched alkanes of at least 4 members (excludes halogenated alkanes) is 2. The molecule has 0 atom stereocenters. The molecule has 0 spiro atoms. The van der Waals surface area contributed by atoms with Crippen molar-refractivity contribution in [2.75, 3.05) is 0 Å². The van der Waals surface area contributed by atoms with Crippen molar-refractivity contribution in [3.05, 3.63) is 0 Å². The van der Waals surface area contributed by atoms with Gasteiger partial charge in [-0.25, -0.2) is 0 Å². The highest BCUT2D eigenvalue weighted by Crippen LogP contribution is 1.94. The molecule has 0 saturated carbocycles. The molecule has 1 N–H and O–H groups in total. The Balaban J connectivity index is 0. The van der Waals surface area contributed by atoms with E-state index in [-0.39, 0.29) is 0 Å². The molecule has 0 heterocycles. The molecule has 0 saturated heterocycles. The van der Waals surface area contributed by atoms with Gasteiger partial charge in [0, 0.05) is 6.92 Å². The van der Waals surface area contributed by atoms with Crippen molar-refractivity contribution < 1.29 is 9.90 Å². The summed E-state index contributed by atoms with van der Waals surface area (Å²) in [5.41, 5.74) is 0. The van der Waals surface area contributed by atoms with Crippen molar-refractivity contribution in [2.24, 2.45) is 0 Å². The molecule has 0 fully saturated rings. The van der Waals surface area contributed by atoms with Crippen LogP contribution in [0, 0.1) is 0 Å². The summed E-state index contributed by atoms with van der Waals surface area (Å²) < 4.78 is 0. The van der Waals surface area contributed by atoms with Crippen LogP contribution in [0.15, 0.2) is 0 Å². The van der Waals surface area contributed by atoms with E-state index < -0.39 is 5.97 Å². The molecule has 0 aliphatic carbocycles. The summed E-state index contributed by atoms with van der Waals surface area (Å²) in [4.78, 5) is 9.00. The van der Waals surface area contributed by atoms with Gasteiger partial charge >= 0.3 is 0 Å². The van der Waals surface area contributed by atoms with Crippen LogP contribution in [0.2, 0.25) is 5.28 Å². The van der Waals surface area contributed by atoms with Gasteiger partial charge in [0.25, 0.3) is 5.97 Å². The van der Waals surface area contributed by atoms with Gasteiger partial charge in [-0.2, -0.15) is 0 Å². The summed E-state index contributed by atoms with van der Waals surface area (Å²) in [7, 11) is 0. The van der Waals surface area contributed by atoms with Crippen LogP contribution >= 0.6 is 0 Å². The molecular weight excluding hydrogens is 143 g/mol. The zero-order valence-electron chi connectivity index (χ0n) is 6.76. The topological polar surface area (TPSA) is 37.3 Å². The Kier molecular flexibility index (Phi) is 14.9. The van der Waals surface area contributed by atoms with Gasteiger partial charge in [-0.15, -0.1) is 5.28 Å². The average molecular weight is 158 g/mol. The van der Waals surface area contributed by atoms with Crippen molar-refractivity contribution in [3.63, 3.8) is 0 Å². The number of hydrogen-bond acceptors (Lipinski definition) is 1. The molecular formula is C7H15AlO2. The molecule has 3 heteroatoms. The summed E-state index contributed by atoms with van der Waals surface area (Å²) in [6.07, 6.45) is 4.11. The first kappa shape index (κ1) is 12.7. The van der Waals surface area contributed by atoms with Gasteiger partial charge in [-0.3, -0.25) is 4.79 Å². The second-order valence-electron chi connectivity index (χ2n) is 2.01. The highest BCUT2D eigenvalue weighted by atomic mass is 27.0. The molecule has 0 aromatic heterocycles. The number of rotatable bonds is 3. The van der Waals surface area contributed by atoms with Gasteiger partial charge < -0.3 is 5.11 Å². The third-order valence-corrected chi connectivity index (χ3v) is 1.22. The lowest BCUT2D eigenvalue weighted by atomic mass is 10.3. The SMILES string of the molecule is CC(=O)O.CCCC[CH2][Al]. The minimum Gasteiger partial charge on any atom is -0.481 e. The van der Waals surface area contributed by atoms with Gasteiger partial charge in [-0.1, -0.05) is 26.2 Å². The number of aliphatic carboxylic acids is 1. The molecule has 0 aromatic rings. The largest absolute Gasteiger partial charge is 0.481 e. The van der Waals surface area contributed by atoms with Crippen molar-refractivity contribution in [1.29, 1.82) is 0 Å². The van der Waals surface area contributed by atoms with Crippen molar-refractivity contribution in [1.82, 2.24) is 0 Å². The fourth-order valence-electron chi connectivity index (χ4n) is 0.394. The molecule has 0 amide bonds. The van der Waals surface area contributed by atoms with Crippen LogP contribution in [0.4, 0.5) is 0 Å². The van der Waals surface area contributed by atoms with E-state index in [1.165, 1.54) is 24.5 Å². The lowest BCUT2D eigenvalue weighted by Crippen LogP contribution is -1.78. The maximum Gasteiger partial charge on any atom is 0.300 e. The van der Waals surface area contributed by atoms with E-state index in [9.17, 15) is 0 Å². The van der Waals surface area contributed by atoms with E-state index in [0.29, 0.717) is 0 Å². The number of hydrogen-bond donors (Lipinski definition) is 1. The fourth-order valence-corrected chi connectivity index (χ4v) is 0.683. The molecule has 0 aliphatic heterocycles. The van der Waals surface area contributed by atoms with E-state index >= 15 is 0 Å². The predicted molar refractivity (Wildman–Crippen MR) is 43.4 cm³/mol. The van der Waals surface area contributed by atoms with Crippen LogP contribution < -0.4 is 0 Å². The number of carboxylic acids is 1. The van der Waals surface area contributed by atoms with Gasteiger partial charge in [-0.05, 0) is 0 Å². The summed E-state index contributed by atoms with van der Waals surface area (Å²) in [5, 5.41) is 8.69. The van der Waals surface area contributed by atoms with E-state index in [1.54, 1.807) is 0 Å². The van der Waals surface area contributed by atoms with Gasteiger partial charge in [0.1, 0.15) is 16.3 Å². The van der Waals surface area contributed by atoms with Crippen molar-refractivity contribution in [2.45, 2.75) is 38.4 Å². The van der Waals surface area contributed by atoms with Gasteiger partial charge in [0.05, 0.1) is 0 Å². The quantitative estimate of drug-likeness (QED) is 0.502. The van der Waals surface area contributed by atoms with Crippen LogP contribution in [-0.4, -0.2) is 27.4 Å². The second kappa shape index (κ2) is 11.8. The molecule has 0 bridgehead atoms. The van der Waals surface area contributed by atoms with Gasteiger partial charge in [0.2, 0.25) is 0 Å². The normalized spacial score (nSPS) is 7.80. The Morgan fingerprint density at radius 2 is 1.90 bits per heavy atom. The van der Waals surface area contributed by atoms with Gasteiger partial charge in [0.15, 0.2) is 0 Å². The molecule has 2 radical (unpaired) electrons. The predicted octanol–water partition coefficient (Wildman–Crippen LogP) is 1.85. The first-order valence-electron chi connectivity index (χ1n) is 3.54. The monoisotopic (exact) mass is 158 g/mol. The summed E-state index contributed by atoms with van der Waals surface area (Å²) in [6.45, 7) is 3.31. The van der Waals surface area contributed by atoms with E-state index in [0.717, 1.165) is 6.92 Å². The van der Waals surface area contributed by atoms with Crippen LogP contribution in [0.5, 0.6) is 0 Å². The van der Waals surface area contributed by atoms with Crippen LogP contribution in [-0.2, 0) is 4.79 Å². The summed E-state index contributed by atoms with van der Waals surface area (Å²) in [6, 6.07) is 0. The van der Waals surface area contributed by atoms with Crippen LogP contribution in [0.25, 0.3) is 0 Å². The number of carboxylic acid groups (broad SMARTS) is 1. The van der Waals surface area contributed by atoms with E-state index in [4.69, 9.17) is 9.90 Å². The standard InChI is InChI=1S/C5H11.C2H4O2.Al/c1-3-5-4-2;1-2(3)4;/h1,3-5H2,2H3;1H3,(H,3,4);. The van der Waals surface area contributed by atoms with E-state index in [1.807, 2.05) is 0 Å². The Labute approximate surface area is 71.1 Å². The molecule has 0 aliphatic rings. The Morgan fingerprint density at radius 3 is 2.00 bits per heavy atom. The van der Waals surface area contributed by atoms with Crippen molar-refractivity contribution >= 4 is 22.3 Å². The summed E-state index contributed by atoms with van der Waals surface area (Å²) >= 11 is 2.73. The third-order valence-electron chi connectivity index (χ3n) is 0.808. The molecule has 0 rings (SSSR count). The minimum absolute atomic E-state index is 0.833. The van der Waals surface area contributed by atoms with Crippen molar-refractivity contribution in [3.8, 4) is 0 Å². The third kappa shape index (κ3) is 43.5. The first-order chi connectivity index (χ1) is 4.65. The van der Waals surface area contributed by atoms with Crippen LogP contribution in [0.1, 0.15) is 33.1 Å². The lowest BCUT2D eigenvalue weighted by molar-refractivity contribution is -0.134. The molecule has 10 heavy (non-hydrogen) atoms. The summed E-state index contributed by atoms with van der Waals surface area (Å²) in [5.74, 6) is -0.833. The maximum atomic E-state index is 9.00. The lowest BCUT2D eigenvalue weighted by Gasteiger charge is -1.86. The maximum absolute atomic E-state index is 9.00. The fraction of sp³-hybridized carbons (Fsp3) is 0.857. The molecule has 0 aromatic carbocycles. The smallest absolute Gasteiger partial charge is 0.300 e. The number of carbonyl (C=O) groups is 1. The second-order valence-corrected chi connectivity index (χ2v) is 2.59. The highest BCUT2D eigenvalue weighted by molar-refractivity contribution is 6.08. The zero-order valence-corrected chi connectivity index (χ0v) is 7.92. The zero-order chi connectivity index (χ0) is 8.41. The highest BCUT2D eigenvalue weighted by Gasteiger charge is 1.75. The molecule has 2 nitrogen and oxygen atoms in total. The molecule has 0 unspecified atom stereocenters. The minimum atomic E-state index is -0.833. The Morgan fingerprint density at radius 1 is 1.50 bits per heavy atom. The van der Waals surface area contributed by atoms with Crippen LogP contribution in [0.3, 0.4) is 0 Å².